The number of methoxy groups -OCH3 is 1. The normalized spacial score (nSPS) is 13.2. The topological polar surface area (TPSA) is 51.2 Å². The van der Waals surface area contributed by atoms with Crippen molar-refractivity contribution in [2.75, 3.05) is 7.11 Å². The Balaban J connectivity index is 2.34. The second-order valence-electron chi connectivity index (χ2n) is 5.62. The number of halogens is 1. The molecule has 0 saturated carbocycles. The van der Waals surface area contributed by atoms with E-state index in [-0.39, 0.29) is 5.56 Å². The molecule has 0 aliphatic carbocycles. The molecule has 0 fully saturated rings. The summed E-state index contributed by atoms with van der Waals surface area (Å²) in [6.07, 6.45) is 7.20. The monoisotopic (exact) mass is 401 g/mol. The van der Waals surface area contributed by atoms with E-state index in [1.807, 2.05) is 31.2 Å². The van der Waals surface area contributed by atoms with Crippen molar-refractivity contribution in [3.63, 3.8) is 0 Å². The van der Waals surface area contributed by atoms with Crippen molar-refractivity contribution in [3.8, 4) is 18.1 Å². The van der Waals surface area contributed by atoms with Crippen molar-refractivity contribution in [2.45, 2.75) is 25.8 Å². The molecule has 1 radical (unpaired) electrons. The van der Waals surface area contributed by atoms with E-state index in [0.29, 0.717) is 10.9 Å². The third-order valence-electron chi connectivity index (χ3n) is 3.78. The first-order chi connectivity index (χ1) is 11.9. The number of benzene rings is 1. The average molecular weight is 401 g/mol. The molecule has 1 unspecified atom stereocenters. The van der Waals surface area contributed by atoms with E-state index in [0.717, 1.165) is 16.3 Å². The molecule has 0 spiro atoms. The number of aromatic nitrogens is 1. The first-order valence-electron chi connectivity index (χ1n) is 7.72. The Morgan fingerprint density at radius 1 is 1.48 bits per heavy atom. The predicted octanol–water partition coefficient (Wildman–Crippen LogP) is 1.42. The van der Waals surface area contributed by atoms with Crippen LogP contribution in [0.5, 0.6) is 5.75 Å². The Bertz CT molecular complexity index is 819. The molecular formula is C19H19AsFN2O2. The van der Waals surface area contributed by atoms with Crippen LogP contribution in [-0.4, -0.2) is 39.3 Å². The number of carbonyl (C=O) groups is 1. The van der Waals surface area contributed by atoms with Crippen LogP contribution in [0.15, 0.2) is 36.5 Å². The van der Waals surface area contributed by atoms with Gasteiger partial charge in [-0.2, -0.15) is 0 Å². The van der Waals surface area contributed by atoms with Gasteiger partial charge in [-0.25, -0.2) is 0 Å². The van der Waals surface area contributed by atoms with E-state index in [4.69, 9.17) is 11.2 Å². The van der Waals surface area contributed by atoms with Crippen LogP contribution in [0.25, 0.3) is 0 Å². The number of carbonyl (C=O) groups excluding carboxylic acids is 1. The van der Waals surface area contributed by atoms with Crippen molar-refractivity contribution in [1.82, 2.24) is 10.3 Å². The number of nitrogens with one attached hydrogen (secondary N) is 1. The second-order valence-corrected chi connectivity index (χ2v) is 8.06. The zero-order valence-electron chi connectivity index (χ0n) is 14.3. The third kappa shape index (κ3) is 4.84. The van der Waals surface area contributed by atoms with Crippen molar-refractivity contribution in [3.05, 3.63) is 47.9 Å². The standard InChI is InChI=1S/C19H19AsFN2O2/c1-5-19(3,6-2)23-18(24)16-11-14(21)12-22-17(16)20-13-8-7-9-15(10-13)25-4/h1,7-12H,6H2,2-4H3,(H,23,24). The van der Waals surface area contributed by atoms with E-state index in [9.17, 15) is 9.18 Å². The molecule has 1 atom stereocenters. The van der Waals surface area contributed by atoms with Crippen LogP contribution in [0.3, 0.4) is 0 Å². The van der Waals surface area contributed by atoms with Gasteiger partial charge in [0.05, 0.1) is 0 Å². The Morgan fingerprint density at radius 3 is 2.88 bits per heavy atom. The maximum absolute atomic E-state index is 13.7. The summed E-state index contributed by atoms with van der Waals surface area (Å²) in [6, 6.07) is 8.76. The van der Waals surface area contributed by atoms with E-state index in [1.165, 1.54) is 6.07 Å². The molecule has 1 aromatic heterocycles. The van der Waals surface area contributed by atoms with E-state index >= 15 is 0 Å². The molecule has 129 valence electrons. The molecule has 25 heavy (non-hydrogen) atoms. The van der Waals surface area contributed by atoms with Gasteiger partial charge in [0, 0.05) is 0 Å². The summed E-state index contributed by atoms with van der Waals surface area (Å²) in [5.41, 5.74) is -0.564. The molecule has 2 aromatic rings. The number of hydrogen-bond donors (Lipinski definition) is 1. The average Bonchev–Trinajstić information content (AvgIpc) is 2.63. The fourth-order valence-electron chi connectivity index (χ4n) is 2.03. The maximum atomic E-state index is 13.7. The Morgan fingerprint density at radius 2 is 2.24 bits per heavy atom. The van der Waals surface area contributed by atoms with Gasteiger partial charge in [0.1, 0.15) is 0 Å². The van der Waals surface area contributed by atoms with E-state index in [1.54, 1.807) is 14.0 Å². The minimum absolute atomic E-state index is 0.220. The number of terminal acetylenes is 1. The predicted molar refractivity (Wildman–Crippen MR) is 97.2 cm³/mol. The molecule has 1 amide bonds. The van der Waals surface area contributed by atoms with Crippen LogP contribution in [-0.2, 0) is 0 Å². The zero-order valence-corrected chi connectivity index (χ0v) is 16.2. The molecule has 1 N–H and O–H groups in total. The fraction of sp³-hybridized carbons (Fsp3) is 0.263. The first kappa shape index (κ1) is 19.0. The van der Waals surface area contributed by atoms with Gasteiger partial charge < -0.3 is 0 Å². The van der Waals surface area contributed by atoms with E-state index in [2.05, 4.69) is 16.2 Å². The van der Waals surface area contributed by atoms with Crippen molar-refractivity contribution in [2.24, 2.45) is 0 Å². The van der Waals surface area contributed by atoms with Gasteiger partial charge in [0.2, 0.25) is 0 Å². The van der Waals surface area contributed by atoms with Gasteiger partial charge in [-0.05, 0) is 0 Å². The number of amides is 1. The van der Waals surface area contributed by atoms with Gasteiger partial charge >= 0.3 is 154 Å². The number of pyridine rings is 1. The Hall–Kier alpha value is -2.31. The molecule has 1 heterocycles. The third-order valence-corrected chi connectivity index (χ3v) is 6.10. The van der Waals surface area contributed by atoms with Gasteiger partial charge in [0.25, 0.3) is 0 Å². The van der Waals surface area contributed by atoms with Gasteiger partial charge in [-0.15, -0.1) is 0 Å². The summed E-state index contributed by atoms with van der Waals surface area (Å²) in [6.45, 7) is 3.64. The van der Waals surface area contributed by atoms with Gasteiger partial charge in [-0.3, -0.25) is 0 Å². The molecule has 2 rings (SSSR count). The van der Waals surface area contributed by atoms with Crippen LogP contribution >= 0.6 is 0 Å². The molecular weight excluding hydrogens is 382 g/mol. The number of ether oxygens (including phenoxy) is 1. The Labute approximate surface area is 153 Å². The van der Waals surface area contributed by atoms with Crippen LogP contribution in [0, 0.1) is 18.2 Å². The van der Waals surface area contributed by atoms with Crippen LogP contribution in [0.1, 0.15) is 30.6 Å². The molecule has 0 aliphatic rings. The molecule has 1 aromatic carbocycles. The number of hydrogen-bond acceptors (Lipinski definition) is 3. The summed E-state index contributed by atoms with van der Waals surface area (Å²) >= 11 is -0.613. The minimum atomic E-state index is -0.785. The van der Waals surface area contributed by atoms with Crippen LogP contribution < -0.4 is 18.9 Å². The molecule has 0 bridgehead atoms. The SMILES string of the molecule is C#CC(C)(CC)NC(=O)c1cc(F)cnc1[As]c1cccc(OC)c1. The summed E-state index contributed by atoms with van der Waals surface area (Å²) in [5, 5.41) is 2.79. The van der Waals surface area contributed by atoms with Crippen LogP contribution in [0.4, 0.5) is 4.39 Å². The fourth-order valence-corrected chi connectivity index (χ4v) is 4.13. The van der Waals surface area contributed by atoms with Gasteiger partial charge in [-0.1, -0.05) is 0 Å². The summed E-state index contributed by atoms with van der Waals surface area (Å²) in [7, 11) is 1.59. The zero-order chi connectivity index (χ0) is 18.4. The molecule has 0 aliphatic heterocycles. The molecule has 4 nitrogen and oxygen atoms in total. The quantitative estimate of drug-likeness (QED) is 0.589. The first-order valence-corrected chi connectivity index (χ1v) is 9.60. The number of nitrogens with zero attached hydrogens (tertiary/aromatic N) is 1. The summed E-state index contributed by atoms with van der Waals surface area (Å²) in [5.74, 6) is 2.33. The summed E-state index contributed by atoms with van der Waals surface area (Å²) < 4.78 is 20.5. The van der Waals surface area contributed by atoms with E-state index < -0.39 is 33.0 Å². The van der Waals surface area contributed by atoms with Crippen molar-refractivity contribution >= 4 is 30.5 Å². The van der Waals surface area contributed by atoms with Crippen molar-refractivity contribution < 1.29 is 13.9 Å². The van der Waals surface area contributed by atoms with Crippen LogP contribution in [0.2, 0.25) is 0 Å². The summed E-state index contributed by atoms with van der Waals surface area (Å²) in [4.78, 5) is 16.8. The Kier molecular flexibility index (Phi) is 6.22. The molecule has 6 heteroatoms. The molecule has 0 saturated heterocycles. The second kappa shape index (κ2) is 8.18. The van der Waals surface area contributed by atoms with Gasteiger partial charge in [0.15, 0.2) is 0 Å². The number of rotatable bonds is 6. The van der Waals surface area contributed by atoms with Crippen molar-refractivity contribution in [1.29, 1.82) is 0 Å².